The molecule has 0 radical (unpaired) electrons. The van der Waals surface area contributed by atoms with Crippen LogP contribution in [0.15, 0.2) is 18.2 Å². The number of hydrogen-bond acceptors (Lipinski definition) is 6. The van der Waals surface area contributed by atoms with E-state index in [2.05, 4.69) is 14.5 Å². The molecule has 6 nitrogen and oxygen atoms in total. The minimum atomic E-state index is -0.349. The zero-order valence-corrected chi connectivity index (χ0v) is 15.2. The smallest absolute Gasteiger partial charge is 0.267 e. The molecule has 1 saturated heterocycles. The molecule has 1 fully saturated rings. The van der Waals surface area contributed by atoms with E-state index in [1.165, 1.54) is 13.2 Å². The molecule has 0 spiro atoms. The molecule has 2 aromatic rings. The number of carbonyl (C=O) groups is 1. The fraction of sp³-hybridized carbons (Fsp3) is 0.471. The highest BCUT2D eigenvalue weighted by Gasteiger charge is 2.25. The maximum absolute atomic E-state index is 13.8. The monoisotopic (exact) mass is 364 g/mol. The number of halogens is 1. The van der Waals surface area contributed by atoms with Crippen molar-refractivity contribution in [2.24, 2.45) is 0 Å². The molecule has 0 saturated carbocycles. The van der Waals surface area contributed by atoms with Crippen LogP contribution in [0.2, 0.25) is 0 Å². The van der Waals surface area contributed by atoms with Gasteiger partial charge in [0.05, 0.1) is 12.8 Å². The summed E-state index contributed by atoms with van der Waals surface area (Å²) in [4.78, 5) is 17.3. The van der Waals surface area contributed by atoms with Crippen molar-refractivity contribution in [3.05, 3.63) is 40.2 Å². The van der Waals surface area contributed by atoms with Crippen molar-refractivity contribution in [3.63, 3.8) is 0 Å². The number of carbonyl (C=O) groups excluding carboxylic acids is 1. The molecule has 2 heterocycles. The van der Waals surface area contributed by atoms with Crippen LogP contribution in [0.5, 0.6) is 5.75 Å². The topological polar surface area (TPSA) is 58.6 Å². The van der Waals surface area contributed by atoms with Gasteiger partial charge < -0.3 is 9.64 Å². The summed E-state index contributed by atoms with van der Waals surface area (Å²) < 4.78 is 22.6. The Labute approximate surface area is 150 Å². The maximum atomic E-state index is 13.8. The summed E-state index contributed by atoms with van der Waals surface area (Å²) in [5, 5.41) is 4.01. The Balaban J connectivity index is 1.57. The molecule has 0 aliphatic carbocycles. The van der Waals surface area contributed by atoms with Crippen LogP contribution in [0, 0.1) is 5.82 Å². The number of amides is 1. The lowest BCUT2D eigenvalue weighted by atomic mass is 10.1. The molecule has 1 aromatic carbocycles. The van der Waals surface area contributed by atoms with Gasteiger partial charge in [-0.05, 0) is 35.6 Å². The first kappa shape index (κ1) is 17.8. The van der Waals surface area contributed by atoms with Gasteiger partial charge >= 0.3 is 0 Å². The Bertz CT molecular complexity index is 744. The highest BCUT2D eigenvalue weighted by atomic mass is 32.1. The van der Waals surface area contributed by atoms with Crippen LogP contribution in [0.25, 0.3) is 0 Å². The molecule has 134 valence electrons. The molecule has 8 heteroatoms. The molecular weight excluding hydrogens is 343 g/mol. The van der Waals surface area contributed by atoms with Crippen molar-refractivity contribution in [1.29, 1.82) is 0 Å². The van der Waals surface area contributed by atoms with Gasteiger partial charge in [-0.3, -0.25) is 9.69 Å². The summed E-state index contributed by atoms with van der Waals surface area (Å²) in [6.07, 6.45) is 0.709. The zero-order valence-electron chi connectivity index (χ0n) is 14.4. The van der Waals surface area contributed by atoms with E-state index in [-0.39, 0.29) is 17.5 Å². The predicted octanol–water partition coefficient (Wildman–Crippen LogP) is 2.21. The summed E-state index contributed by atoms with van der Waals surface area (Å²) in [6.45, 7) is 5.45. The summed E-state index contributed by atoms with van der Waals surface area (Å²) in [7, 11) is 1.46. The first-order valence-electron chi connectivity index (χ1n) is 8.27. The number of piperazine rings is 1. The minimum absolute atomic E-state index is 0.0157. The number of benzene rings is 1. The van der Waals surface area contributed by atoms with Crippen molar-refractivity contribution >= 4 is 17.4 Å². The number of aromatic nitrogens is 2. The van der Waals surface area contributed by atoms with Crippen LogP contribution in [0.4, 0.5) is 4.39 Å². The van der Waals surface area contributed by atoms with Gasteiger partial charge in [-0.2, -0.15) is 0 Å². The number of nitrogens with zero attached hydrogens (tertiary/aromatic N) is 4. The lowest BCUT2D eigenvalue weighted by Gasteiger charge is -2.34. The molecule has 0 bridgehead atoms. The molecule has 0 unspecified atom stereocenters. The Morgan fingerprint density at radius 3 is 2.72 bits per heavy atom. The van der Waals surface area contributed by atoms with Gasteiger partial charge in [-0.25, -0.2) is 4.39 Å². The van der Waals surface area contributed by atoms with Gasteiger partial charge in [0.1, 0.15) is 4.88 Å². The van der Waals surface area contributed by atoms with Crippen molar-refractivity contribution in [2.75, 3.05) is 33.3 Å². The molecule has 25 heavy (non-hydrogen) atoms. The van der Waals surface area contributed by atoms with E-state index in [1.807, 2.05) is 17.9 Å². The second-order valence-corrected chi connectivity index (χ2v) is 6.69. The highest BCUT2D eigenvalue weighted by Crippen LogP contribution is 2.20. The summed E-state index contributed by atoms with van der Waals surface area (Å²) in [6, 6.07) is 5.02. The van der Waals surface area contributed by atoms with E-state index in [9.17, 15) is 9.18 Å². The van der Waals surface area contributed by atoms with Crippen LogP contribution in [0.3, 0.4) is 0 Å². The van der Waals surface area contributed by atoms with Crippen molar-refractivity contribution in [2.45, 2.75) is 19.9 Å². The lowest BCUT2D eigenvalue weighted by molar-refractivity contribution is 0.0632. The maximum Gasteiger partial charge on any atom is 0.267 e. The molecule has 1 aliphatic heterocycles. The van der Waals surface area contributed by atoms with Gasteiger partial charge in [0.15, 0.2) is 11.6 Å². The molecule has 1 amide bonds. The van der Waals surface area contributed by atoms with Crippen LogP contribution < -0.4 is 4.74 Å². The number of methoxy groups -OCH3 is 1. The first-order valence-corrected chi connectivity index (χ1v) is 9.05. The standard InChI is InChI=1S/C17H21FN4O2S/c1-3-14-16(25-20-19-14)17(23)22-8-6-21(7-9-22)11-12-4-5-15(24-2)13(18)10-12/h4-5,10H,3,6-9,11H2,1-2H3. The van der Waals surface area contributed by atoms with Gasteiger partial charge in [-0.15, -0.1) is 5.10 Å². The Morgan fingerprint density at radius 2 is 2.08 bits per heavy atom. The molecule has 1 aromatic heterocycles. The Morgan fingerprint density at radius 1 is 1.32 bits per heavy atom. The third kappa shape index (κ3) is 3.96. The van der Waals surface area contributed by atoms with Gasteiger partial charge in [0.2, 0.25) is 0 Å². The fourth-order valence-corrected chi connectivity index (χ4v) is 3.64. The SMILES string of the molecule is CCc1nnsc1C(=O)N1CCN(Cc2ccc(OC)c(F)c2)CC1. The fourth-order valence-electron chi connectivity index (χ4n) is 2.92. The molecular formula is C17H21FN4O2S. The molecule has 3 rings (SSSR count). The van der Waals surface area contributed by atoms with E-state index in [1.54, 1.807) is 6.07 Å². The number of aryl methyl sites for hydroxylation is 1. The van der Waals surface area contributed by atoms with E-state index in [0.29, 0.717) is 30.9 Å². The largest absolute Gasteiger partial charge is 0.494 e. The normalized spacial score (nSPS) is 15.4. The third-order valence-electron chi connectivity index (χ3n) is 4.37. The van der Waals surface area contributed by atoms with Crippen LogP contribution >= 0.6 is 11.5 Å². The van der Waals surface area contributed by atoms with E-state index < -0.39 is 0 Å². The van der Waals surface area contributed by atoms with Crippen LogP contribution in [0.1, 0.15) is 27.9 Å². The van der Waals surface area contributed by atoms with Gasteiger partial charge in [-0.1, -0.05) is 17.5 Å². The summed E-state index contributed by atoms with van der Waals surface area (Å²) >= 11 is 1.16. The van der Waals surface area contributed by atoms with E-state index >= 15 is 0 Å². The second-order valence-electron chi connectivity index (χ2n) is 5.94. The lowest BCUT2D eigenvalue weighted by Crippen LogP contribution is -2.48. The average Bonchev–Trinajstić information content (AvgIpc) is 3.11. The van der Waals surface area contributed by atoms with Gasteiger partial charge in [0, 0.05) is 32.7 Å². The number of hydrogen-bond donors (Lipinski definition) is 0. The van der Waals surface area contributed by atoms with Crippen molar-refractivity contribution in [3.8, 4) is 5.75 Å². The Kier molecular flexibility index (Phi) is 5.60. The number of rotatable bonds is 5. The highest BCUT2D eigenvalue weighted by molar-refractivity contribution is 7.08. The van der Waals surface area contributed by atoms with E-state index in [4.69, 9.17) is 4.74 Å². The average molecular weight is 364 g/mol. The zero-order chi connectivity index (χ0) is 17.8. The van der Waals surface area contributed by atoms with E-state index in [0.717, 1.165) is 35.9 Å². The van der Waals surface area contributed by atoms with Gasteiger partial charge in [0.25, 0.3) is 5.91 Å². The van der Waals surface area contributed by atoms with Crippen molar-refractivity contribution < 1.29 is 13.9 Å². The predicted molar refractivity (Wildman–Crippen MR) is 93.4 cm³/mol. The Hall–Kier alpha value is -2.06. The first-order chi connectivity index (χ1) is 12.1. The molecule has 1 aliphatic rings. The molecule has 0 atom stereocenters. The van der Waals surface area contributed by atoms with Crippen molar-refractivity contribution in [1.82, 2.24) is 19.4 Å². The quantitative estimate of drug-likeness (QED) is 0.814. The second kappa shape index (κ2) is 7.88. The number of ether oxygens (including phenoxy) is 1. The minimum Gasteiger partial charge on any atom is -0.494 e. The summed E-state index contributed by atoms with van der Waals surface area (Å²) in [5.41, 5.74) is 1.67. The summed E-state index contributed by atoms with van der Waals surface area (Å²) in [5.74, 6) is -0.0790. The molecule has 0 N–H and O–H groups in total. The van der Waals surface area contributed by atoms with Crippen LogP contribution in [-0.2, 0) is 13.0 Å². The third-order valence-corrected chi connectivity index (χ3v) is 5.12. The van der Waals surface area contributed by atoms with Crippen LogP contribution in [-0.4, -0.2) is 58.6 Å².